The average molecular weight is 285 g/mol. The summed E-state index contributed by atoms with van der Waals surface area (Å²) in [5.41, 5.74) is 6.11. The standard InChI is InChI=1S/C12H19N3O5/c1-2-20-12(19)14-5-6-15(9(7-14)8-16)10(13)3-4-11(17)18/h10H,2-7,13H2,1H3,(H,17,18). The summed E-state index contributed by atoms with van der Waals surface area (Å²) in [6, 6.07) is 0. The minimum Gasteiger partial charge on any atom is -0.481 e. The van der Waals surface area contributed by atoms with E-state index in [1.165, 1.54) is 4.90 Å². The van der Waals surface area contributed by atoms with E-state index in [2.05, 4.69) is 0 Å². The molecule has 3 N–H and O–H groups in total. The Bertz CT molecular complexity index is 419. The largest absolute Gasteiger partial charge is 0.481 e. The molecule has 0 spiro atoms. The Morgan fingerprint density at radius 3 is 2.75 bits per heavy atom. The van der Waals surface area contributed by atoms with E-state index < -0.39 is 18.2 Å². The second-order valence-corrected chi connectivity index (χ2v) is 4.36. The topological polar surface area (TPSA) is 113 Å². The van der Waals surface area contributed by atoms with Crippen molar-refractivity contribution in [3.63, 3.8) is 0 Å². The van der Waals surface area contributed by atoms with Crippen LogP contribution in [0.1, 0.15) is 19.8 Å². The Hall–Kier alpha value is -2.05. The highest BCUT2D eigenvalue weighted by atomic mass is 16.6. The van der Waals surface area contributed by atoms with E-state index in [0.717, 1.165) is 0 Å². The van der Waals surface area contributed by atoms with Crippen LogP contribution in [0.2, 0.25) is 0 Å². The number of rotatable bonds is 5. The molecule has 0 radical (unpaired) electrons. The zero-order valence-electron chi connectivity index (χ0n) is 11.4. The number of aliphatic carboxylic acids is 1. The zero-order valence-corrected chi connectivity index (χ0v) is 11.4. The number of carbonyl (C=O) groups excluding carboxylic acids is 2. The van der Waals surface area contributed by atoms with Gasteiger partial charge in [0.1, 0.15) is 11.6 Å². The molecule has 0 aromatic heterocycles. The SMILES string of the molecule is CCOC(=O)N1CCN(C(N)CCC(=O)O)C(=C=O)C1. The molecule has 20 heavy (non-hydrogen) atoms. The summed E-state index contributed by atoms with van der Waals surface area (Å²) in [7, 11) is 0. The number of ether oxygens (including phenoxy) is 1. The number of carbonyl (C=O) groups is 2. The van der Waals surface area contributed by atoms with Crippen LogP contribution in [0, 0.1) is 0 Å². The van der Waals surface area contributed by atoms with Gasteiger partial charge >= 0.3 is 12.1 Å². The van der Waals surface area contributed by atoms with E-state index in [1.54, 1.807) is 17.8 Å². The normalized spacial score (nSPS) is 16.6. The Kier molecular flexibility index (Phi) is 6.02. The summed E-state index contributed by atoms with van der Waals surface area (Å²) < 4.78 is 4.87. The van der Waals surface area contributed by atoms with Crippen molar-refractivity contribution >= 4 is 18.0 Å². The number of carboxylic acid groups (broad SMARTS) is 1. The summed E-state index contributed by atoms with van der Waals surface area (Å²) >= 11 is 0. The maximum Gasteiger partial charge on any atom is 0.410 e. The molecule has 0 aromatic rings. The van der Waals surface area contributed by atoms with E-state index in [-0.39, 0.29) is 31.7 Å². The zero-order chi connectivity index (χ0) is 15.1. The second-order valence-electron chi connectivity index (χ2n) is 4.36. The molecule has 1 saturated heterocycles. The van der Waals surface area contributed by atoms with Crippen molar-refractivity contribution in [2.75, 3.05) is 26.2 Å². The average Bonchev–Trinajstić information content (AvgIpc) is 2.44. The lowest BCUT2D eigenvalue weighted by molar-refractivity contribution is -0.137. The third kappa shape index (κ3) is 4.25. The van der Waals surface area contributed by atoms with Crippen LogP contribution in [-0.2, 0) is 14.3 Å². The van der Waals surface area contributed by atoms with Crippen molar-refractivity contribution in [2.24, 2.45) is 5.73 Å². The molecule has 1 heterocycles. The molecule has 1 fully saturated rings. The van der Waals surface area contributed by atoms with Crippen molar-refractivity contribution in [1.82, 2.24) is 9.80 Å². The van der Waals surface area contributed by atoms with Gasteiger partial charge in [-0.2, -0.15) is 0 Å². The van der Waals surface area contributed by atoms with Crippen LogP contribution in [0.3, 0.4) is 0 Å². The first-order valence-corrected chi connectivity index (χ1v) is 6.39. The minimum atomic E-state index is -0.942. The molecule has 1 rings (SSSR count). The van der Waals surface area contributed by atoms with Gasteiger partial charge < -0.3 is 20.5 Å². The molecule has 8 heteroatoms. The van der Waals surface area contributed by atoms with Crippen molar-refractivity contribution < 1.29 is 24.2 Å². The summed E-state index contributed by atoms with van der Waals surface area (Å²) in [6.07, 6.45) is -0.920. The number of nitrogens with two attached hydrogens (primary N) is 1. The van der Waals surface area contributed by atoms with Gasteiger partial charge in [-0.25, -0.2) is 9.59 Å². The van der Waals surface area contributed by atoms with E-state index in [9.17, 15) is 14.4 Å². The maximum atomic E-state index is 11.6. The van der Waals surface area contributed by atoms with Crippen LogP contribution in [-0.4, -0.2) is 65.3 Å². The minimum absolute atomic E-state index is 0.0725. The highest BCUT2D eigenvalue weighted by Crippen LogP contribution is 2.15. The Morgan fingerprint density at radius 1 is 1.50 bits per heavy atom. The number of carboxylic acids is 1. The number of amides is 1. The number of hydrogen-bond acceptors (Lipinski definition) is 6. The molecule has 8 nitrogen and oxygen atoms in total. The monoisotopic (exact) mass is 285 g/mol. The fourth-order valence-corrected chi connectivity index (χ4v) is 1.97. The molecule has 0 aliphatic carbocycles. The Morgan fingerprint density at radius 2 is 2.20 bits per heavy atom. The van der Waals surface area contributed by atoms with Crippen molar-refractivity contribution in [3.8, 4) is 0 Å². The predicted molar refractivity (Wildman–Crippen MR) is 69.4 cm³/mol. The van der Waals surface area contributed by atoms with Gasteiger partial charge in [0.05, 0.1) is 19.3 Å². The molecule has 1 unspecified atom stereocenters. The molecule has 112 valence electrons. The fraction of sp³-hybridized carbons (Fsp3) is 0.667. The molecular weight excluding hydrogens is 266 g/mol. The van der Waals surface area contributed by atoms with Crippen LogP contribution in [0.5, 0.6) is 0 Å². The molecule has 0 bridgehead atoms. The predicted octanol–water partition coefficient (Wildman–Crippen LogP) is -0.374. The van der Waals surface area contributed by atoms with Crippen molar-refractivity contribution in [1.29, 1.82) is 0 Å². The molecule has 1 aliphatic rings. The molecule has 0 aromatic carbocycles. The summed E-state index contributed by atoms with van der Waals surface area (Å²) in [5.74, 6) is 0.823. The maximum absolute atomic E-state index is 11.6. The van der Waals surface area contributed by atoms with Crippen LogP contribution >= 0.6 is 0 Å². The van der Waals surface area contributed by atoms with Gasteiger partial charge in [-0.05, 0) is 13.3 Å². The van der Waals surface area contributed by atoms with E-state index in [4.69, 9.17) is 15.6 Å². The van der Waals surface area contributed by atoms with Gasteiger partial charge in [0, 0.05) is 19.5 Å². The second kappa shape index (κ2) is 7.52. The van der Waals surface area contributed by atoms with Crippen LogP contribution < -0.4 is 5.73 Å². The molecule has 1 atom stereocenters. The van der Waals surface area contributed by atoms with E-state index in [0.29, 0.717) is 13.1 Å². The van der Waals surface area contributed by atoms with Crippen LogP contribution in [0.4, 0.5) is 4.79 Å². The van der Waals surface area contributed by atoms with Gasteiger partial charge in [0.2, 0.25) is 0 Å². The van der Waals surface area contributed by atoms with Crippen molar-refractivity contribution in [2.45, 2.75) is 25.9 Å². The van der Waals surface area contributed by atoms with E-state index in [1.807, 2.05) is 0 Å². The first-order chi connectivity index (χ1) is 9.49. The lowest BCUT2D eigenvalue weighted by Gasteiger charge is -2.38. The van der Waals surface area contributed by atoms with E-state index >= 15 is 0 Å². The van der Waals surface area contributed by atoms with Crippen LogP contribution in [0.15, 0.2) is 5.70 Å². The van der Waals surface area contributed by atoms with Gasteiger partial charge in [-0.15, -0.1) is 0 Å². The summed E-state index contributed by atoms with van der Waals surface area (Å²) in [5, 5.41) is 8.63. The number of hydrogen-bond donors (Lipinski definition) is 2. The van der Waals surface area contributed by atoms with Gasteiger partial charge in [-0.1, -0.05) is 0 Å². The molecule has 1 amide bonds. The highest BCUT2D eigenvalue weighted by Gasteiger charge is 2.29. The fourth-order valence-electron chi connectivity index (χ4n) is 1.97. The number of nitrogens with zero attached hydrogens (tertiary/aromatic N) is 2. The third-order valence-corrected chi connectivity index (χ3v) is 3.00. The van der Waals surface area contributed by atoms with Crippen LogP contribution in [0.25, 0.3) is 0 Å². The number of piperazine rings is 1. The van der Waals surface area contributed by atoms with Gasteiger partial charge in [0.15, 0.2) is 0 Å². The quantitative estimate of drug-likeness (QED) is 0.662. The smallest absolute Gasteiger partial charge is 0.410 e. The summed E-state index contributed by atoms with van der Waals surface area (Å²) in [4.78, 5) is 36.1. The Labute approximate surface area is 116 Å². The first kappa shape index (κ1) is 16.0. The van der Waals surface area contributed by atoms with Gasteiger partial charge in [0.25, 0.3) is 0 Å². The lowest BCUT2D eigenvalue weighted by atomic mass is 10.2. The van der Waals surface area contributed by atoms with Gasteiger partial charge in [-0.3, -0.25) is 9.69 Å². The Balaban J connectivity index is 2.63. The first-order valence-electron chi connectivity index (χ1n) is 6.39. The highest BCUT2D eigenvalue weighted by molar-refractivity contribution is 5.69. The third-order valence-electron chi connectivity index (χ3n) is 3.00. The lowest BCUT2D eigenvalue weighted by Crippen LogP contribution is -2.53. The van der Waals surface area contributed by atoms with Crippen molar-refractivity contribution in [3.05, 3.63) is 5.70 Å². The molecule has 1 aliphatic heterocycles. The molecular formula is C12H19N3O5. The summed E-state index contributed by atoms with van der Waals surface area (Å²) in [6.45, 7) is 2.75. The molecule has 0 saturated carbocycles.